The summed E-state index contributed by atoms with van der Waals surface area (Å²) in [6, 6.07) is 18.5. The molecular weight excluding hydrogens is 334 g/mol. The summed E-state index contributed by atoms with van der Waals surface area (Å²) in [6.07, 6.45) is 8.88. The van der Waals surface area contributed by atoms with Crippen LogP contribution < -0.4 is 5.32 Å². The van der Waals surface area contributed by atoms with Crippen LogP contribution in [0.2, 0.25) is 0 Å². The molecule has 1 fully saturated rings. The predicted octanol–water partition coefficient (Wildman–Crippen LogP) is 5.58. The molecule has 2 N–H and O–H groups in total. The van der Waals surface area contributed by atoms with Gasteiger partial charge < -0.3 is 15.2 Å². The smallest absolute Gasteiger partial charge is 0.322 e. The molecule has 0 bridgehead atoms. The number of hydrogen-bond donors (Lipinski definition) is 2. The number of anilines is 1. The van der Waals surface area contributed by atoms with Gasteiger partial charge in [-0.2, -0.15) is 0 Å². The quantitative estimate of drug-likeness (QED) is 0.612. The molecular formula is C23H27N3O. The Morgan fingerprint density at radius 1 is 1.00 bits per heavy atom. The predicted molar refractivity (Wildman–Crippen MR) is 111 cm³/mol. The minimum absolute atomic E-state index is 0.0212. The highest BCUT2D eigenvalue weighted by atomic mass is 16.2. The van der Waals surface area contributed by atoms with E-state index in [1.165, 1.54) is 30.2 Å². The van der Waals surface area contributed by atoms with Crippen LogP contribution in [0.1, 0.15) is 37.7 Å². The molecule has 1 aliphatic carbocycles. The van der Waals surface area contributed by atoms with Crippen molar-refractivity contribution in [1.82, 2.24) is 9.88 Å². The fourth-order valence-electron chi connectivity index (χ4n) is 4.14. The topological polar surface area (TPSA) is 48.1 Å². The Morgan fingerprint density at radius 3 is 2.56 bits per heavy atom. The molecule has 1 saturated carbocycles. The number of rotatable bonds is 5. The van der Waals surface area contributed by atoms with Crippen LogP contribution in [0.5, 0.6) is 0 Å². The zero-order valence-corrected chi connectivity index (χ0v) is 15.7. The fraction of sp³-hybridized carbons (Fsp3) is 0.348. The summed E-state index contributed by atoms with van der Waals surface area (Å²) >= 11 is 0. The number of aromatic amines is 1. The lowest BCUT2D eigenvalue weighted by Gasteiger charge is -2.34. The second-order valence-corrected chi connectivity index (χ2v) is 7.39. The Hall–Kier alpha value is -2.75. The van der Waals surface area contributed by atoms with Crippen molar-refractivity contribution in [2.45, 2.75) is 44.6 Å². The number of aromatic nitrogens is 1. The molecule has 1 aliphatic rings. The number of urea groups is 1. The number of benzene rings is 2. The standard InChI is InChI=1S/C23H27N3O/c27-23(25-19-9-3-1-4-10-19)26(20-11-5-2-6-12-20)16-15-18-17-24-22-14-8-7-13-21(18)22/h1,3-4,7-10,13-14,17,20,24H,2,5-6,11-12,15-16H2,(H,25,27). The number of carbonyl (C=O) groups excluding carboxylic acids is 1. The first-order chi connectivity index (χ1) is 13.3. The molecule has 0 radical (unpaired) electrons. The number of fused-ring (bicyclic) bond motifs is 1. The molecule has 1 heterocycles. The van der Waals surface area contributed by atoms with Crippen LogP contribution in [0.25, 0.3) is 10.9 Å². The number of nitrogens with zero attached hydrogens (tertiary/aromatic N) is 1. The van der Waals surface area contributed by atoms with E-state index < -0.39 is 0 Å². The van der Waals surface area contributed by atoms with Gasteiger partial charge >= 0.3 is 6.03 Å². The van der Waals surface area contributed by atoms with E-state index in [4.69, 9.17) is 0 Å². The first-order valence-electron chi connectivity index (χ1n) is 9.99. The van der Waals surface area contributed by atoms with Gasteiger partial charge in [-0.25, -0.2) is 4.79 Å². The first-order valence-corrected chi connectivity index (χ1v) is 9.99. The highest BCUT2D eigenvalue weighted by molar-refractivity contribution is 5.89. The highest BCUT2D eigenvalue weighted by Gasteiger charge is 2.25. The van der Waals surface area contributed by atoms with E-state index in [0.29, 0.717) is 6.04 Å². The lowest BCUT2D eigenvalue weighted by molar-refractivity contribution is 0.168. The summed E-state index contributed by atoms with van der Waals surface area (Å²) in [5, 5.41) is 4.34. The number of amides is 2. The molecule has 1 aromatic heterocycles. The van der Waals surface area contributed by atoms with Crippen molar-refractivity contribution in [2.24, 2.45) is 0 Å². The van der Waals surface area contributed by atoms with Gasteiger partial charge in [0.1, 0.15) is 0 Å². The summed E-state index contributed by atoms with van der Waals surface area (Å²) in [7, 11) is 0. The van der Waals surface area contributed by atoms with Gasteiger partial charge in [0, 0.05) is 35.4 Å². The van der Waals surface area contributed by atoms with E-state index in [2.05, 4.69) is 39.6 Å². The van der Waals surface area contributed by atoms with Crippen molar-refractivity contribution in [3.8, 4) is 0 Å². The molecule has 0 unspecified atom stereocenters. The molecule has 3 aromatic rings. The Bertz CT molecular complexity index is 881. The summed E-state index contributed by atoms with van der Waals surface area (Å²) < 4.78 is 0. The monoisotopic (exact) mass is 361 g/mol. The van der Waals surface area contributed by atoms with Gasteiger partial charge in [0.15, 0.2) is 0 Å². The lowest BCUT2D eigenvalue weighted by atomic mass is 9.94. The van der Waals surface area contributed by atoms with Gasteiger partial charge in [0.2, 0.25) is 0 Å². The van der Waals surface area contributed by atoms with E-state index in [1.54, 1.807) is 0 Å². The number of para-hydroxylation sites is 2. The van der Waals surface area contributed by atoms with E-state index in [-0.39, 0.29) is 6.03 Å². The van der Waals surface area contributed by atoms with Gasteiger partial charge in [-0.3, -0.25) is 0 Å². The third kappa shape index (κ3) is 4.16. The molecule has 4 nitrogen and oxygen atoms in total. The third-order valence-corrected chi connectivity index (χ3v) is 5.60. The van der Waals surface area contributed by atoms with Gasteiger partial charge in [-0.1, -0.05) is 55.7 Å². The van der Waals surface area contributed by atoms with Gasteiger partial charge in [0.25, 0.3) is 0 Å². The molecule has 27 heavy (non-hydrogen) atoms. The molecule has 140 valence electrons. The van der Waals surface area contributed by atoms with Crippen molar-refractivity contribution in [2.75, 3.05) is 11.9 Å². The zero-order chi connectivity index (χ0) is 18.5. The normalized spacial score (nSPS) is 15.0. The van der Waals surface area contributed by atoms with Crippen molar-refractivity contribution in [1.29, 1.82) is 0 Å². The molecule has 4 rings (SSSR count). The highest BCUT2D eigenvalue weighted by Crippen LogP contribution is 2.25. The lowest BCUT2D eigenvalue weighted by Crippen LogP contribution is -2.45. The summed E-state index contributed by atoms with van der Waals surface area (Å²) in [5.74, 6) is 0. The van der Waals surface area contributed by atoms with Gasteiger partial charge in [-0.15, -0.1) is 0 Å². The molecule has 2 amide bonds. The van der Waals surface area contributed by atoms with Crippen molar-refractivity contribution < 1.29 is 4.79 Å². The molecule has 0 spiro atoms. The maximum atomic E-state index is 13.0. The van der Waals surface area contributed by atoms with Gasteiger partial charge in [-0.05, 0) is 43.0 Å². The van der Waals surface area contributed by atoms with Crippen LogP contribution in [0.3, 0.4) is 0 Å². The van der Waals surface area contributed by atoms with Gasteiger partial charge in [0.05, 0.1) is 0 Å². The van der Waals surface area contributed by atoms with E-state index in [0.717, 1.165) is 37.0 Å². The van der Waals surface area contributed by atoms with E-state index >= 15 is 0 Å². The Balaban J connectivity index is 1.49. The van der Waals surface area contributed by atoms with Crippen LogP contribution in [0, 0.1) is 0 Å². The average molecular weight is 361 g/mol. The Labute approximate surface area is 160 Å². The second-order valence-electron chi connectivity index (χ2n) is 7.39. The Kier molecular flexibility index (Phi) is 5.42. The van der Waals surface area contributed by atoms with Crippen LogP contribution in [0.4, 0.5) is 10.5 Å². The molecule has 4 heteroatoms. The number of H-pyrrole nitrogens is 1. The largest absolute Gasteiger partial charge is 0.361 e. The summed E-state index contributed by atoms with van der Waals surface area (Å²) in [5.41, 5.74) is 3.29. The van der Waals surface area contributed by atoms with E-state index in [9.17, 15) is 4.79 Å². The number of nitrogens with one attached hydrogen (secondary N) is 2. The third-order valence-electron chi connectivity index (χ3n) is 5.60. The van der Waals surface area contributed by atoms with Crippen molar-refractivity contribution >= 4 is 22.6 Å². The number of hydrogen-bond acceptors (Lipinski definition) is 1. The summed E-state index contributed by atoms with van der Waals surface area (Å²) in [6.45, 7) is 0.741. The van der Waals surface area contributed by atoms with Crippen molar-refractivity contribution in [3.63, 3.8) is 0 Å². The summed E-state index contributed by atoms with van der Waals surface area (Å²) in [4.78, 5) is 18.4. The van der Waals surface area contributed by atoms with Crippen LogP contribution in [-0.4, -0.2) is 28.5 Å². The van der Waals surface area contributed by atoms with E-state index in [1.807, 2.05) is 36.4 Å². The molecule has 0 saturated heterocycles. The maximum Gasteiger partial charge on any atom is 0.322 e. The minimum atomic E-state index is 0.0212. The molecule has 2 aromatic carbocycles. The first kappa shape index (κ1) is 17.7. The SMILES string of the molecule is O=C(Nc1ccccc1)N(CCc1c[nH]c2ccccc12)C1CCCCC1. The maximum absolute atomic E-state index is 13.0. The molecule has 0 aliphatic heterocycles. The van der Waals surface area contributed by atoms with Crippen LogP contribution in [0.15, 0.2) is 60.8 Å². The van der Waals surface area contributed by atoms with Crippen LogP contribution >= 0.6 is 0 Å². The fourth-order valence-corrected chi connectivity index (χ4v) is 4.14. The Morgan fingerprint density at radius 2 is 1.74 bits per heavy atom. The van der Waals surface area contributed by atoms with Crippen LogP contribution in [-0.2, 0) is 6.42 Å². The zero-order valence-electron chi connectivity index (χ0n) is 15.7. The van der Waals surface area contributed by atoms with Crippen molar-refractivity contribution in [3.05, 3.63) is 66.4 Å². The number of carbonyl (C=O) groups is 1. The minimum Gasteiger partial charge on any atom is -0.361 e. The molecule has 0 atom stereocenters. The second kappa shape index (κ2) is 8.30. The average Bonchev–Trinajstić information content (AvgIpc) is 3.13.